The molecule has 2 aliphatic rings. The predicted molar refractivity (Wildman–Crippen MR) is 124 cm³/mol. The van der Waals surface area contributed by atoms with E-state index in [-0.39, 0.29) is 17.9 Å². The zero-order chi connectivity index (χ0) is 23.0. The maximum absolute atomic E-state index is 13.7. The molecule has 1 spiro atoms. The number of nitrogens with one attached hydrogen (secondary N) is 3. The lowest BCUT2D eigenvalue weighted by atomic mass is 9.79. The second kappa shape index (κ2) is 8.64. The van der Waals surface area contributed by atoms with Crippen molar-refractivity contribution in [3.05, 3.63) is 47.0 Å². The molecule has 0 radical (unpaired) electrons. The van der Waals surface area contributed by atoms with Gasteiger partial charge in [0.15, 0.2) is 0 Å². The average molecular weight is 458 g/mol. The van der Waals surface area contributed by atoms with Crippen LogP contribution in [0.25, 0.3) is 0 Å². The lowest BCUT2D eigenvalue weighted by Gasteiger charge is -2.29. The van der Waals surface area contributed by atoms with Gasteiger partial charge in [-0.2, -0.15) is 0 Å². The summed E-state index contributed by atoms with van der Waals surface area (Å²) in [6.07, 6.45) is 1.37. The van der Waals surface area contributed by atoms with Gasteiger partial charge in [-0.1, -0.05) is 25.4 Å². The van der Waals surface area contributed by atoms with Crippen molar-refractivity contribution >= 4 is 34.8 Å². The Morgan fingerprint density at radius 3 is 2.69 bits per heavy atom. The van der Waals surface area contributed by atoms with Gasteiger partial charge in [-0.15, -0.1) is 0 Å². The Hall–Kier alpha value is -2.77. The first-order valence-electron chi connectivity index (χ1n) is 10.7. The summed E-state index contributed by atoms with van der Waals surface area (Å²) >= 11 is 6.29. The van der Waals surface area contributed by atoms with E-state index in [1.807, 2.05) is 0 Å². The first kappa shape index (κ1) is 22.4. The van der Waals surface area contributed by atoms with E-state index in [2.05, 4.69) is 29.8 Å². The molecule has 0 aliphatic carbocycles. The minimum atomic E-state index is -1.18. The van der Waals surface area contributed by atoms with Crippen LogP contribution >= 0.6 is 11.6 Å². The second-order valence-electron chi connectivity index (χ2n) is 8.77. The number of hydrogen-bond acceptors (Lipinski definition) is 5. The molecule has 2 aliphatic heterocycles. The van der Waals surface area contributed by atoms with Crippen molar-refractivity contribution in [3.63, 3.8) is 0 Å². The molecule has 2 amide bonds. The summed E-state index contributed by atoms with van der Waals surface area (Å²) in [7, 11) is 3.10. The van der Waals surface area contributed by atoms with Crippen LogP contribution in [0.4, 0.5) is 11.4 Å². The fourth-order valence-corrected chi connectivity index (χ4v) is 5.06. The molecule has 32 heavy (non-hydrogen) atoms. The van der Waals surface area contributed by atoms with E-state index >= 15 is 0 Å². The van der Waals surface area contributed by atoms with Crippen molar-refractivity contribution in [2.24, 2.45) is 11.8 Å². The van der Waals surface area contributed by atoms with Crippen LogP contribution in [0, 0.1) is 11.8 Å². The molecule has 0 unspecified atom stereocenters. The number of benzene rings is 2. The molecule has 7 nitrogen and oxygen atoms in total. The average Bonchev–Trinajstić information content (AvgIpc) is 3.26. The van der Waals surface area contributed by atoms with Crippen molar-refractivity contribution in [2.45, 2.75) is 38.3 Å². The molecular weight excluding hydrogens is 430 g/mol. The molecule has 2 aromatic carbocycles. The van der Waals surface area contributed by atoms with E-state index in [1.165, 1.54) is 7.11 Å². The Labute approximate surface area is 192 Å². The molecular formula is C24H28ClN3O4. The molecule has 1 fully saturated rings. The Morgan fingerprint density at radius 1 is 1.22 bits per heavy atom. The van der Waals surface area contributed by atoms with E-state index in [1.54, 1.807) is 43.5 Å². The summed E-state index contributed by atoms with van der Waals surface area (Å²) in [6.45, 7) is 4.25. The van der Waals surface area contributed by atoms with Gasteiger partial charge in [0.25, 0.3) is 0 Å². The molecule has 2 aromatic rings. The SMILES string of the molecule is COc1ccc(OC)c(NC(=O)[C@H]2C[C@H](CC(C)C)N[C@]23C(=O)Nc2ccc(Cl)cc23)c1. The second-order valence-corrected chi connectivity index (χ2v) is 9.20. The highest BCUT2D eigenvalue weighted by atomic mass is 35.5. The summed E-state index contributed by atoms with van der Waals surface area (Å²) in [5, 5.41) is 9.94. The fourth-order valence-electron chi connectivity index (χ4n) is 4.89. The van der Waals surface area contributed by atoms with Crippen LogP contribution in [0.3, 0.4) is 0 Å². The molecule has 0 saturated carbocycles. The maximum atomic E-state index is 13.7. The van der Waals surface area contributed by atoms with Gasteiger partial charge in [-0.3, -0.25) is 14.9 Å². The number of carbonyl (C=O) groups excluding carboxylic acids is 2. The third-order valence-electron chi connectivity index (χ3n) is 6.22. The largest absolute Gasteiger partial charge is 0.497 e. The van der Waals surface area contributed by atoms with E-state index < -0.39 is 11.5 Å². The number of anilines is 2. The van der Waals surface area contributed by atoms with Crippen molar-refractivity contribution in [1.82, 2.24) is 5.32 Å². The van der Waals surface area contributed by atoms with Gasteiger partial charge in [0, 0.05) is 28.4 Å². The number of methoxy groups -OCH3 is 2. The van der Waals surface area contributed by atoms with Gasteiger partial charge in [-0.05, 0) is 49.1 Å². The summed E-state index contributed by atoms with van der Waals surface area (Å²) in [5.74, 6) is 0.373. The number of rotatable bonds is 6. The van der Waals surface area contributed by atoms with Crippen molar-refractivity contribution in [2.75, 3.05) is 24.9 Å². The number of halogens is 1. The van der Waals surface area contributed by atoms with Crippen molar-refractivity contribution in [1.29, 1.82) is 0 Å². The third kappa shape index (κ3) is 3.80. The number of hydrogen-bond donors (Lipinski definition) is 3. The first-order valence-corrected chi connectivity index (χ1v) is 11.1. The molecule has 2 heterocycles. The van der Waals surface area contributed by atoms with Gasteiger partial charge < -0.3 is 20.1 Å². The molecule has 170 valence electrons. The van der Waals surface area contributed by atoms with Gasteiger partial charge in [0.2, 0.25) is 11.8 Å². The highest BCUT2D eigenvalue weighted by molar-refractivity contribution is 6.31. The fraction of sp³-hybridized carbons (Fsp3) is 0.417. The van der Waals surface area contributed by atoms with E-state index in [4.69, 9.17) is 21.1 Å². The van der Waals surface area contributed by atoms with Crippen molar-refractivity contribution < 1.29 is 19.1 Å². The predicted octanol–water partition coefficient (Wildman–Crippen LogP) is 4.17. The third-order valence-corrected chi connectivity index (χ3v) is 6.46. The molecule has 3 N–H and O–H groups in total. The van der Waals surface area contributed by atoms with Gasteiger partial charge in [-0.25, -0.2) is 0 Å². The normalized spacial score (nSPS) is 23.9. The number of fused-ring (bicyclic) bond motifs is 2. The molecule has 3 atom stereocenters. The van der Waals surface area contributed by atoms with Gasteiger partial charge in [0.1, 0.15) is 17.0 Å². The standard InChI is InChI=1S/C24H28ClN3O4/c1-13(2)9-15-11-18(22(29)26-20-12-16(31-3)6-8-21(20)32-4)24(28-15)17-10-14(25)5-7-19(17)27-23(24)30/h5-8,10,12-13,15,18,28H,9,11H2,1-4H3,(H,26,29)(H,27,30)/t15-,18+,24-/m0/s1. The Bertz CT molecular complexity index is 1060. The number of carbonyl (C=O) groups is 2. The molecule has 1 saturated heterocycles. The lowest BCUT2D eigenvalue weighted by Crippen LogP contribution is -2.52. The summed E-state index contributed by atoms with van der Waals surface area (Å²) < 4.78 is 10.7. The van der Waals surface area contributed by atoms with E-state index in [0.29, 0.717) is 45.8 Å². The van der Waals surface area contributed by atoms with Crippen LogP contribution in [-0.4, -0.2) is 32.1 Å². The van der Waals surface area contributed by atoms with Gasteiger partial charge in [0.05, 0.1) is 25.8 Å². The van der Waals surface area contributed by atoms with E-state index in [0.717, 1.165) is 6.42 Å². The first-order chi connectivity index (χ1) is 15.3. The Morgan fingerprint density at radius 2 is 2.00 bits per heavy atom. The van der Waals surface area contributed by atoms with Crippen LogP contribution in [0.5, 0.6) is 11.5 Å². The summed E-state index contributed by atoms with van der Waals surface area (Å²) in [5.41, 5.74) is 0.688. The zero-order valence-electron chi connectivity index (χ0n) is 18.6. The summed E-state index contributed by atoms with van der Waals surface area (Å²) in [6, 6.07) is 10.5. The van der Waals surface area contributed by atoms with Crippen LogP contribution in [-0.2, 0) is 15.1 Å². The van der Waals surface area contributed by atoms with Crippen molar-refractivity contribution in [3.8, 4) is 11.5 Å². The zero-order valence-corrected chi connectivity index (χ0v) is 19.4. The minimum absolute atomic E-state index is 0.00800. The maximum Gasteiger partial charge on any atom is 0.250 e. The number of amides is 2. The van der Waals surface area contributed by atoms with Crippen LogP contribution in [0.2, 0.25) is 5.02 Å². The quantitative estimate of drug-likeness (QED) is 0.606. The highest BCUT2D eigenvalue weighted by Gasteiger charge is 2.60. The van der Waals surface area contributed by atoms with Crippen LogP contribution in [0.15, 0.2) is 36.4 Å². The molecule has 0 aromatic heterocycles. The van der Waals surface area contributed by atoms with E-state index in [9.17, 15) is 9.59 Å². The lowest BCUT2D eigenvalue weighted by molar-refractivity contribution is -0.130. The summed E-state index contributed by atoms with van der Waals surface area (Å²) in [4.78, 5) is 27.0. The van der Waals surface area contributed by atoms with Crippen LogP contribution in [0.1, 0.15) is 32.3 Å². The topological polar surface area (TPSA) is 88.7 Å². The van der Waals surface area contributed by atoms with Crippen LogP contribution < -0.4 is 25.4 Å². The highest BCUT2D eigenvalue weighted by Crippen LogP contribution is 2.49. The molecule has 8 heteroatoms. The minimum Gasteiger partial charge on any atom is -0.497 e. The van der Waals surface area contributed by atoms with Gasteiger partial charge >= 0.3 is 0 Å². The monoisotopic (exact) mass is 457 g/mol. The molecule has 0 bridgehead atoms. The number of ether oxygens (including phenoxy) is 2. The Kier molecular flexibility index (Phi) is 6.05. The molecule has 4 rings (SSSR count). The smallest absolute Gasteiger partial charge is 0.250 e. The Balaban J connectivity index is 1.74.